The highest BCUT2D eigenvalue weighted by Crippen LogP contribution is 2.75. The molecule has 0 unspecified atom stereocenters. The van der Waals surface area contributed by atoms with E-state index < -0.39 is 27.3 Å². The third-order valence-electron chi connectivity index (χ3n) is 13.7. The molecule has 230 valence electrons. The van der Waals surface area contributed by atoms with Gasteiger partial charge in [0, 0.05) is 42.2 Å². The molecule has 0 aromatic heterocycles. The Labute approximate surface area is 251 Å². The third-order valence-corrected chi connectivity index (χ3v) is 13.7. The van der Waals surface area contributed by atoms with E-state index in [1.54, 1.807) is 18.0 Å². The van der Waals surface area contributed by atoms with E-state index in [1.807, 2.05) is 19.9 Å². The Kier molecular flexibility index (Phi) is 6.93. The number of Topliss-reactive ketones (excluding diaryl/α,β-unsaturated/α-hetero) is 1. The van der Waals surface area contributed by atoms with Crippen LogP contribution in [0.3, 0.4) is 0 Å². The van der Waals surface area contributed by atoms with Crippen molar-refractivity contribution in [3.63, 3.8) is 0 Å². The zero-order valence-corrected chi connectivity index (χ0v) is 26.9. The van der Waals surface area contributed by atoms with Gasteiger partial charge in [0.1, 0.15) is 11.7 Å². The van der Waals surface area contributed by atoms with Gasteiger partial charge in [0.15, 0.2) is 11.6 Å². The number of rotatable bonds is 4. The second-order valence-electron chi connectivity index (χ2n) is 16.4. The van der Waals surface area contributed by atoms with Crippen molar-refractivity contribution < 1.29 is 24.6 Å². The molecule has 3 saturated carbocycles. The maximum Gasteiger partial charge on any atom is 0.224 e. The van der Waals surface area contributed by atoms with Crippen LogP contribution in [0.15, 0.2) is 23.3 Å². The van der Waals surface area contributed by atoms with Crippen molar-refractivity contribution in [2.24, 2.45) is 44.3 Å². The summed E-state index contributed by atoms with van der Waals surface area (Å²) < 4.78 is 0. The molecule has 0 heterocycles. The molecule has 0 spiro atoms. The largest absolute Gasteiger partial charge is 0.396 e. The Morgan fingerprint density at radius 3 is 2.29 bits per heavy atom. The Morgan fingerprint density at radius 1 is 1.02 bits per heavy atom. The first-order valence-electron chi connectivity index (χ1n) is 15.8. The van der Waals surface area contributed by atoms with E-state index in [0.717, 1.165) is 44.1 Å². The number of carbonyl (C=O) groups is 3. The van der Waals surface area contributed by atoms with Gasteiger partial charge in [0.2, 0.25) is 5.91 Å². The second kappa shape index (κ2) is 9.35. The van der Waals surface area contributed by atoms with Crippen LogP contribution >= 0.6 is 0 Å². The van der Waals surface area contributed by atoms with Gasteiger partial charge < -0.3 is 15.1 Å². The number of hydrogen-bond acceptors (Lipinski definition) is 6. The third kappa shape index (κ3) is 3.79. The van der Waals surface area contributed by atoms with Gasteiger partial charge in [-0.25, -0.2) is 0 Å². The standard InChI is InChI=1S/C35H50N2O5/c1-29(2)23-9-11-33(6)24(32(23,5)18-22(20-36)28(29)41)17-26(39)35(42)25-19-30(3,21-37(8)27(40)10-16-38)12-13-31(25,4)14-15-34(33,35)7/h17-18,23,25,38,42H,9-16,19,21H2,1-8H3/t23-,25+,30-,31+,32-,33+,34-,35+/m0/s1. The number of ketones is 2. The smallest absolute Gasteiger partial charge is 0.224 e. The summed E-state index contributed by atoms with van der Waals surface area (Å²) in [6.07, 6.45) is 9.22. The second-order valence-corrected chi connectivity index (χ2v) is 16.4. The minimum atomic E-state index is -1.57. The van der Waals surface area contributed by atoms with E-state index in [0.29, 0.717) is 13.0 Å². The topological polar surface area (TPSA) is 119 Å². The number of nitriles is 1. The van der Waals surface area contributed by atoms with Crippen LogP contribution in [-0.2, 0) is 14.4 Å². The van der Waals surface area contributed by atoms with Gasteiger partial charge in [-0.1, -0.05) is 54.5 Å². The number of aliphatic hydroxyl groups excluding tert-OH is 1. The Hall–Kier alpha value is -2.30. The molecule has 5 aliphatic rings. The van der Waals surface area contributed by atoms with E-state index in [1.165, 1.54) is 0 Å². The van der Waals surface area contributed by atoms with Gasteiger partial charge in [-0.15, -0.1) is 0 Å². The maximum absolute atomic E-state index is 14.6. The average Bonchev–Trinajstić information content (AvgIpc) is 2.91. The molecule has 0 radical (unpaired) electrons. The molecular formula is C35H50N2O5. The van der Waals surface area contributed by atoms with Crippen LogP contribution in [0.2, 0.25) is 0 Å². The fraction of sp³-hybridized carbons (Fsp3) is 0.771. The molecule has 7 nitrogen and oxygen atoms in total. The number of fused-ring (bicyclic) bond motifs is 7. The highest BCUT2D eigenvalue weighted by molar-refractivity contribution is 6.05. The van der Waals surface area contributed by atoms with E-state index in [9.17, 15) is 29.9 Å². The van der Waals surface area contributed by atoms with E-state index in [4.69, 9.17) is 0 Å². The molecule has 5 rings (SSSR count). The molecule has 0 aliphatic heterocycles. The van der Waals surface area contributed by atoms with Crippen molar-refractivity contribution in [1.29, 1.82) is 5.26 Å². The van der Waals surface area contributed by atoms with Crippen molar-refractivity contribution in [3.8, 4) is 6.07 Å². The van der Waals surface area contributed by atoms with Crippen LogP contribution < -0.4 is 0 Å². The average molecular weight is 579 g/mol. The number of allylic oxidation sites excluding steroid dienone is 3. The molecule has 0 aromatic rings. The first-order chi connectivity index (χ1) is 19.3. The lowest BCUT2D eigenvalue weighted by molar-refractivity contribution is -0.243. The Balaban J connectivity index is 1.62. The number of hydrogen-bond donors (Lipinski definition) is 2. The fourth-order valence-electron chi connectivity index (χ4n) is 10.9. The van der Waals surface area contributed by atoms with Crippen LogP contribution in [0.4, 0.5) is 0 Å². The first kappa shape index (κ1) is 31.1. The number of carbonyl (C=O) groups excluding carboxylic acids is 3. The fourth-order valence-corrected chi connectivity index (χ4v) is 10.9. The lowest BCUT2D eigenvalue weighted by Crippen LogP contribution is -2.74. The van der Waals surface area contributed by atoms with Gasteiger partial charge in [-0.05, 0) is 78.8 Å². The number of amides is 1. The summed E-state index contributed by atoms with van der Waals surface area (Å²) in [5, 5.41) is 32.2. The summed E-state index contributed by atoms with van der Waals surface area (Å²) in [6, 6.07) is 2.15. The highest BCUT2D eigenvalue weighted by Gasteiger charge is 2.75. The molecule has 0 bridgehead atoms. The lowest BCUT2D eigenvalue weighted by Gasteiger charge is -2.71. The van der Waals surface area contributed by atoms with Crippen LogP contribution in [0.1, 0.15) is 99.8 Å². The van der Waals surface area contributed by atoms with E-state index >= 15 is 0 Å². The predicted molar refractivity (Wildman–Crippen MR) is 160 cm³/mol. The van der Waals surface area contributed by atoms with Gasteiger partial charge >= 0.3 is 0 Å². The summed E-state index contributed by atoms with van der Waals surface area (Å²) in [6.45, 7) is 15.0. The van der Waals surface area contributed by atoms with Gasteiger partial charge in [0.05, 0.1) is 12.2 Å². The van der Waals surface area contributed by atoms with E-state index in [2.05, 4.69) is 40.7 Å². The van der Waals surface area contributed by atoms with Crippen molar-refractivity contribution in [2.75, 3.05) is 20.2 Å². The summed E-state index contributed by atoms with van der Waals surface area (Å²) in [4.78, 5) is 42.1. The highest BCUT2D eigenvalue weighted by atomic mass is 16.3. The Bertz CT molecular complexity index is 1340. The first-order valence-corrected chi connectivity index (χ1v) is 15.8. The minimum absolute atomic E-state index is 0.0460. The molecule has 2 N–H and O–H groups in total. The van der Waals surface area contributed by atoms with Crippen LogP contribution in [-0.4, -0.2) is 58.4 Å². The van der Waals surface area contributed by atoms with E-state index in [-0.39, 0.29) is 58.7 Å². The minimum Gasteiger partial charge on any atom is -0.396 e. The van der Waals surface area contributed by atoms with Gasteiger partial charge in [-0.2, -0.15) is 5.26 Å². The zero-order valence-electron chi connectivity index (χ0n) is 26.9. The van der Waals surface area contributed by atoms with Crippen LogP contribution in [0.25, 0.3) is 0 Å². The van der Waals surface area contributed by atoms with Crippen molar-refractivity contribution in [3.05, 3.63) is 23.3 Å². The molecule has 42 heavy (non-hydrogen) atoms. The molecule has 3 fully saturated rings. The van der Waals surface area contributed by atoms with Gasteiger partial charge in [-0.3, -0.25) is 14.4 Å². The lowest BCUT2D eigenvalue weighted by atomic mass is 9.33. The van der Waals surface area contributed by atoms with Crippen molar-refractivity contribution in [2.45, 2.75) is 105 Å². The summed E-state index contributed by atoms with van der Waals surface area (Å²) in [5.74, 6) is -0.789. The molecule has 0 aromatic carbocycles. The van der Waals surface area contributed by atoms with Crippen LogP contribution in [0.5, 0.6) is 0 Å². The molecule has 5 aliphatic carbocycles. The summed E-state index contributed by atoms with van der Waals surface area (Å²) in [7, 11) is 1.77. The molecule has 1 amide bonds. The molecule has 0 saturated heterocycles. The summed E-state index contributed by atoms with van der Waals surface area (Å²) >= 11 is 0. The Morgan fingerprint density at radius 2 is 1.67 bits per heavy atom. The van der Waals surface area contributed by atoms with Gasteiger partial charge in [0.25, 0.3) is 0 Å². The normalized spacial score (nSPS) is 45.7. The number of nitrogens with zero attached hydrogens (tertiary/aromatic N) is 2. The molecule has 7 heteroatoms. The maximum atomic E-state index is 14.6. The predicted octanol–water partition coefficient (Wildman–Crippen LogP) is 5.16. The van der Waals surface area contributed by atoms with Crippen molar-refractivity contribution >= 4 is 17.5 Å². The van der Waals surface area contributed by atoms with Crippen molar-refractivity contribution in [1.82, 2.24) is 4.90 Å². The molecular weight excluding hydrogens is 528 g/mol. The van der Waals surface area contributed by atoms with Crippen LogP contribution in [0, 0.1) is 55.7 Å². The number of aliphatic hydroxyl groups is 2. The monoisotopic (exact) mass is 578 g/mol. The zero-order chi connectivity index (χ0) is 31.3. The molecule has 8 atom stereocenters. The summed E-state index contributed by atoms with van der Waals surface area (Å²) in [5.41, 5.74) is -3.52. The quantitative estimate of drug-likeness (QED) is 0.476. The SMILES string of the molecule is CN(C[C@@]1(C)CC[C@]2(C)CC[C@@]3(C)[C@]4(C)CC[C@H]5C(C)(C)C(=O)C(C#N)=C[C@]5(C)C4=CC(=O)[C@]3(O)[C@@H]2C1)C(=O)CCO.